The molecule has 2 aromatic carbocycles. The fourth-order valence-corrected chi connectivity index (χ4v) is 3.40. The Hall–Kier alpha value is -4.02. The van der Waals surface area contributed by atoms with Crippen LogP contribution in [0.15, 0.2) is 59.3 Å². The summed E-state index contributed by atoms with van der Waals surface area (Å²) in [6.07, 6.45) is 1.54. The largest absolute Gasteiger partial charge is 0.394 e. The number of aryl methyl sites for hydroxylation is 1. The molecular weight excluding hydrogens is 446 g/mol. The normalized spacial score (nSPS) is 11.7. The monoisotopic (exact) mass is 465 g/mol. The van der Waals surface area contributed by atoms with Crippen LogP contribution < -0.4 is 16.4 Å². The number of aliphatic hydroxyl groups excluding tert-OH is 1. The molecule has 0 bridgehead atoms. The zero-order valence-corrected chi connectivity index (χ0v) is 18.2. The van der Waals surface area contributed by atoms with Gasteiger partial charge >= 0.3 is 0 Å². The van der Waals surface area contributed by atoms with Gasteiger partial charge in [0.25, 0.3) is 0 Å². The second-order valence-corrected chi connectivity index (χ2v) is 7.47. The van der Waals surface area contributed by atoms with E-state index in [9.17, 15) is 9.90 Å². The number of carbonyl (C=O) groups is 1. The molecule has 10 nitrogen and oxygen atoms in total. The summed E-state index contributed by atoms with van der Waals surface area (Å²) in [4.78, 5) is 24.5. The molecule has 1 atom stereocenters. The molecule has 0 aliphatic rings. The van der Waals surface area contributed by atoms with Crippen molar-refractivity contribution >= 4 is 35.0 Å². The lowest BCUT2D eigenvalue weighted by Gasteiger charge is -2.19. The van der Waals surface area contributed by atoms with Gasteiger partial charge in [-0.2, -0.15) is 9.97 Å². The average molecular weight is 466 g/mol. The molecule has 0 unspecified atom stereocenters. The van der Waals surface area contributed by atoms with Gasteiger partial charge in [-0.25, -0.2) is 4.98 Å². The molecule has 168 valence electrons. The number of nitrogens with zero attached hydrogens (tertiary/aromatic N) is 4. The standard InChI is InChI=1S/C22H20ClN7O3/c1-12-26-21(30-33-12)16-10-25-22(27-14-7-8-15(19(24)32)17(23)9-14)29-20(16)28-18(11-31)13-5-3-2-4-6-13/h2-10,18,31H,11H2,1H3,(H2,24,32)(H2,25,27,28,29)/t18-/m1/s1. The van der Waals surface area contributed by atoms with Gasteiger partial charge in [-0.05, 0) is 23.8 Å². The summed E-state index contributed by atoms with van der Waals surface area (Å²) < 4.78 is 5.10. The van der Waals surface area contributed by atoms with Crippen molar-refractivity contribution < 1.29 is 14.4 Å². The quantitative estimate of drug-likeness (QED) is 0.306. The van der Waals surface area contributed by atoms with Crippen LogP contribution in [0.1, 0.15) is 27.9 Å². The number of nitrogens with one attached hydrogen (secondary N) is 2. The molecule has 5 N–H and O–H groups in total. The maximum atomic E-state index is 11.4. The van der Waals surface area contributed by atoms with E-state index < -0.39 is 11.9 Å². The zero-order valence-electron chi connectivity index (χ0n) is 17.5. The minimum Gasteiger partial charge on any atom is -0.394 e. The fraction of sp³-hybridized carbons (Fsp3) is 0.136. The van der Waals surface area contributed by atoms with Crippen molar-refractivity contribution in [3.8, 4) is 11.4 Å². The molecule has 4 rings (SSSR count). The Morgan fingerprint density at radius 1 is 1.21 bits per heavy atom. The van der Waals surface area contributed by atoms with Gasteiger partial charge in [-0.15, -0.1) is 0 Å². The van der Waals surface area contributed by atoms with Crippen molar-refractivity contribution in [1.29, 1.82) is 0 Å². The number of carbonyl (C=O) groups excluding carboxylic acids is 1. The molecule has 0 radical (unpaired) electrons. The van der Waals surface area contributed by atoms with Crippen LogP contribution in [0.3, 0.4) is 0 Å². The highest BCUT2D eigenvalue weighted by Gasteiger charge is 2.19. The molecule has 2 heterocycles. The Balaban J connectivity index is 1.69. The first-order valence-corrected chi connectivity index (χ1v) is 10.3. The summed E-state index contributed by atoms with van der Waals surface area (Å²) in [7, 11) is 0. The number of hydrogen-bond donors (Lipinski definition) is 4. The Morgan fingerprint density at radius 2 is 2.00 bits per heavy atom. The molecule has 11 heteroatoms. The predicted molar refractivity (Wildman–Crippen MR) is 123 cm³/mol. The minimum absolute atomic E-state index is 0.175. The number of halogens is 1. The topological polar surface area (TPSA) is 152 Å². The molecule has 0 aliphatic heterocycles. The summed E-state index contributed by atoms with van der Waals surface area (Å²) in [6, 6.07) is 13.7. The van der Waals surface area contributed by atoms with Crippen LogP contribution in [0.4, 0.5) is 17.5 Å². The van der Waals surface area contributed by atoms with Gasteiger partial charge in [0.15, 0.2) is 0 Å². The van der Waals surface area contributed by atoms with Gasteiger partial charge in [0.05, 0.1) is 28.8 Å². The van der Waals surface area contributed by atoms with Crippen LogP contribution in [-0.2, 0) is 0 Å². The predicted octanol–water partition coefficient (Wildman–Crippen LogP) is 3.48. The van der Waals surface area contributed by atoms with Gasteiger partial charge in [-0.1, -0.05) is 47.1 Å². The SMILES string of the molecule is Cc1nc(-c2cnc(Nc3ccc(C(N)=O)c(Cl)c3)nc2N[C@H](CO)c2ccccc2)no1. The number of anilines is 3. The summed E-state index contributed by atoms with van der Waals surface area (Å²) in [6.45, 7) is 1.51. The smallest absolute Gasteiger partial charge is 0.250 e. The molecule has 33 heavy (non-hydrogen) atoms. The van der Waals surface area contributed by atoms with E-state index in [0.717, 1.165) is 5.56 Å². The lowest BCUT2D eigenvalue weighted by molar-refractivity contribution is 0.100. The van der Waals surface area contributed by atoms with Crippen molar-refractivity contribution in [1.82, 2.24) is 20.1 Å². The van der Waals surface area contributed by atoms with E-state index in [1.54, 1.807) is 25.3 Å². The third-order valence-corrected chi connectivity index (χ3v) is 5.06. The second kappa shape index (κ2) is 9.63. The maximum absolute atomic E-state index is 11.4. The number of primary amides is 1. The molecule has 4 aromatic rings. The molecule has 0 aliphatic carbocycles. The first-order chi connectivity index (χ1) is 15.9. The van der Waals surface area contributed by atoms with E-state index in [-0.39, 0.29) is 23.1 Å². The number of aromatic nitrogens is 4. The molecule has 1 amide bonds. The van der Waals surface area contributed by atoms with Crippen LogP contribution in [0.5, 0.6) is 0 Å². The van der Waals surface area contributed by atoms with Crippen LogP contribution in [0.25, 0.3) is 11.4 Å². The molecule has 0 fully saturated rings. The van der Waals surface area contributed by atoms with Crippen LogP contribution in [0, 0.1) is 6.92 Å². The van der Waals surface area contributed by atoms with E-state index >= 15 is 0 Å². The van der Waals surface area contributed by atoms with Gasteiger partial charge in [0.1, 0.15) is 5.82 Å². The number of aliphatic hydroxyl groups is 1. The van der Waals surface area contributed by atoms with Crippen LogP contribution in [-0.4, -0.2) is 37.7 Å². The van der Waals surface area contributed by atoms with Crippen molar-refractivity contribution in [2.24, 2.45) is 5.73 Å². The first-order valence-electron chi connectivity index (χ1n) is 9.91. The Bertz CT molecular complexity index is 1280. The van der Waals surface area contributed by atoms with Crippen molar-refractivity contribution in [3.05, 3.63) is 76.8 Å². The van der Waals surface area contributed by atoms with Crippen molar-refractivity contribution in [3.63, 3.8) is 0 Å². The van der Waals surface area contributed by atoms with Crippen LogP contribution >= 0.6 is 11.6 Å². The molecular formula is C22H20ClN7O3. The Kier molecular flexibility index (Phi) is 6.48. The van der Waals surface area contributed by atoms with Crippen molar-refractivity contribution in [2.75, 3.05) is 17.2 Å². The van der Waals surface area contributed by atoms with E-state index in [4.69, 9.17) is 21.9 Å². The number of nitrogens with two attached hydrogens (primary N) is 1. The first kappa shape index (κ1) is 22.2. The number of rotatable bonds is 8. The molecule has 0 spiro atoms. The average Bonchev–Trinajstić information content (AvgIpc) is 3.24. The highest BCUT2D eigenvalue weighted by molar-refractivity contribution is 6.34. The minimum atomic E-state index is -0.620. The van der Waals surface area contributed by atoms with Gasteiger partial charge in [0, 0.05) is 18.8 Å². The van der Waals surface area contributed by atoms with E-state index in [2.05, 4.69) is 30.7 Å². The third kappa shape index (κ3) is 5.08. The summed E-state index contributed by atoms with van der Waals surface area (Å²) in [5.41, 5.74) is 7.43. The molecule has 0 saturated heterocycles. The number of amides is 1. The lowest BCUT2D eigenvalue weighted by atomic mass is 10.1. The van der Waals surface area contributed by atoms with E-state index in [1.165, 1.54) is 6.07 Å². The Labute approximate surface area is 193 Å². The number of hydrogen-bond acceptors (Lipinski definition) is 9. The summed E-state index contributed by atoms with van der Waals surface area (Å²) >= 11 is 6.14. The Morgan fingerprint density at radius 3 is 2.64 bits per heavy atom. The van der Waals surface area contributed by atoms with Crippen LogP contribution in [0.2, 0.25) is 5.02 Å². The second-order valence-electron chi connectivity index (χ2n) is 7.07. The van der Waals surface area contributed by atoms with Crippen molar-refractivity contribution in [2.45, 2.75) is 13.0 Å². The molecule has 0 saturated carbocycles. The third-order valence-electron chi connectivity index (χ3n) is 4.74. The van der Waals surface area contributed by atoms with E-state index in [0.29, 0.717) is 28.8 Å². The highest BCUT2D eigenvalue weighted by Crippen LogP contribution is 2.29. The fourth-order valence-electron chi connectivity index (χ4n) is 3.13. The van der Waals surface area contributed by atoms with Gasteiger partial charge in [0.2, 0.25) is 23.6 Å². The van der Waals surface area contributed by atoms with E-state index in [1.807, 2.05) is 30.3 Å². The number of benzene rings is 2. The lowest BCUT2D eigenvalue weighted by Crippen LogP contribution is -2.17. The summed E-state index contributed by atoms with van der Waals surface area (Å²) in [5, 5.41) is 20.4. The van der Waals surface area contributed by atoms with Gasteiger partial charge < -0.3 is 26.0 Å². The van der Waals surface area contributed by atoms with Gasteiger partial charge in [-0.3, -0.25) is 4.79 Å². The zero-order chi connectivity index (χ0) is 23.4. The maximum Gasteiger partial charge on any atom is 0.250 e. The molecule has 2 aromatic heterocycles. The summed E-state index contributed by atoms with van der Waals surface area (Å²) in [5.74, 6) is 0.708. The highest BCUT2D eigenvalue weighted by atomic mass is 35.5.